The molecule has 0 spiro atoms. The largest absolute Gasteiger partial charge is 0.439 e. The van der Waals surface area contributed by atoms with Crippen LogP contribution in [-0.2, 0) is 6.54 Å². The first-order valence-corrected chi connectivity index (χ1v) is 10.9. The predicted octanol–water partition coefficient (Wildman–Crippen LogP) is 5.78. The highest BCUT2D eigenvalue weighted by molar-refractivity contribution is 6.30. The number of aryl methyl sites for hydroxylation is 1. The summed E-state index contributed by atoms with van der Waals surface area (Å²) in [6.45, 7) is 11.6. The number of hydrogen-bond donors (Lipinski definition) is 1. The molecular formula is C25H30ClN3O2. The molecule has 0 aliphatic heterocycles. The van der Waals surface area contributed by atoms with E-state index in [-0.39, 0.29) is 0 Å². The highest BCUT2D eigenvalue weighted by Gasteiger charge is 2.25. The Morgan fingerprint density at radius 2 is 1.87 bits per heavy atom. The normalized spacial score (nSPS) is 13.2. The molecule has 0 amide bonds. The Bertz CT molecular complexity index is 998. The third kappa shape index (κ3) is 5.97. The van der Waals surface area contributed by atoms with Crippen molar-refractivity contribution in [2.75, 3.05) is 13.1 Å². The number of aliphatic hydroxyl groups is 1. The van der Waals surface area contributed by atoms with Crippen molar-refractivity contribution in [3.8, 4) is 17.3 Å². The van der Waals surface area contributed by atoms with Gasteiger partial charge in [-0.05, 0) is 63.2 Å². The van der Waals surface area contributed by atoms with E-state index in [1.165, 1.54) is 0 Å². The maximum Gasteiger partial charge on any atom is 0.227 e. The number of nitrogens with zero attached hydrogens (tertiary/aromatic N) is 3. The van der Waals surface area contributed by atoms with E-state index in [4.69, 9.17) is 21.4 Å². The van der Waals surface area contributed by atoms with Crippen molar-refractivity contribution in [3.05, 3.63) is 83.5 Å². The minimum absolute atomic E-state index is 0.473. The minimum Gasteiger partial charge on any atom is -0.439 e. The average molecular weight is 440 g/mol. The molecule has 0 fully saturated rings. The van der Waals surface area contributed by atoms with E-state index in [0.717, 1.165) is 29.9 Å². The molecule has 164 valence electrons. The second kappa shape index (κ2) is 10.1. The topological polar surface area (TPSA) is 50.5 Å². The third-order valence-corrected chi connectivity index (χ3v) is 5.32. The van der Waals surface area contributed by atoms with Crippen molar-refractivity contribution in [1.82, 2.24) is 14.7 Å². The summed E-state index contributed by atoms with van der Waals surface area (Å²) in [5, 5.41) is 16.0. The molecule has 3 rings (SSSR count). The summed E-state index contributed by atoms with van der Waals surface area (Å²) < 4.78 is 8.17. The van der Waals surface area contributed by atoms with Crippen LogP contribution in [0.2, 0.25) is 5.02 Å². The van der Waals surface area contributed by atoms with Crippen molar-refractivity contribution < 1.29 is 9.84 Å². The highest BCUT2D eigenvalue weighted by atomic mass is 35.5. The lowest BCUT2D eigenvalue weighted by molar-refractivity contribution is 0.0584. The van der Waals surface area contributed by atoms with E-state index in [1.807, 2.05) is 54.1 Å². The minimum atomic E-state index is -0.976. The Balaban J connectivity index is 2.02. The van der Waals surface area contributed by atoms with Crippen molar-refractivity contribution in [3.63, 3.8) is 0 Å². The summed E-state index contributed by atoms with van der Waals surface area (Å²) in [5.41, 5.74) is 1.80. The van der Waals surface area contributed by atoms with Crippen LogP contribution in [0.15, 0.2) is 67.3 Å². The molecule has 0 saturated carbocycles. The monoisotopic (exact) mass is 439 g/mol. The molecule has 0 aliphatic carbocycles. The molecule has 3 aromatic rings. The van der Waals surface area contributed by atoms with Crippen molar-refractivity contribution >= 4 is 11.6 Å². The summed E-state index contributed by atoms with van der Waals surface area (Å²) >= 11 is 6.04. The van der Waals surface area contributed by atoms with Crippen LogP contribution in [0.4, 0.5) is 0 Å². The molecule has 0 bridgehead atoms. The number of ether oxygens (including phenoxy) is 1. The molecular weight excluding hydrogens is 410 g/mol. The number of halogens is 1. The predicted molar refractivity (Wildman–Crippen MR) is 126 cm³/mol. The van der Waals surface area contributed by atoms with Crippen molar-refractivity contribution in [1.29, 1.82) is 0 Å². The van der Waals surface area contributed by atoms with Crippen molar-refractivity contribution in [2.45, 2.75) is 39.3 Å². The van der Waals surface area contributed by atoms with Crippen LogP contribution < -0.4 is 4.74 Å². The lowest BCUT2D eigenvalue weighted by atomic mass is 10.1. The van der Waals surface area contributed by atoms with Gasteiger partial charge < -0.3 is 9.84 Å². The fraction of sp³-hybridized carbons (Fsp3) is 0.320. The zero-order chi connectivity index (χ0) is 22.4. The number of para-hydroxylation sites is 1. The zero-order valence-electron chi connectivity index (χ0n) is 18.4. The van der Waals surface area contributed by atoms with Crippen LogP contribution in [0.1, 0.15) is 31.5 Å². The van der Waals surface area contributed by atoms with Crippen LogP contribution in [-0.4, -0.2) is 38.5 Å². The fourth-order valence-electron chi connectivity index (χ4n) is 3.45. The van der Waals surface area contributed by atoms with Gasteiger partial charge in [-0.1, -0.05) is 42.8 Å². The van der Waals surface area contributed by atoms with Gasteiger partial charge in [-0.25, -0.2) is 4.68 Å². The van der Waals surface area contributed by atoms with Crippen molar-refractivity contribution in [2.24, 2.45) is 0 Å². The van der Waals surface area contributed by atoms with Gasteiger partial charge in [0.05, 0.1) is 22.5 Å². The molecule has 0 unspecified atom stereocenters. The van der Waals surface area contributed by atoms with Crippen LogP contribution in [0, 0.1) is 6.92 Å². The van der Waals surface area contributed by atoms with Gasteiger partial charge in [0.2, 0.25) is 5.88 Å². The zero-order valence-corrected chi connectivity index (χ0v) is 19.1. The quantitative estimate of drug-likeness (QED) is 0.407. The molecule has 0 saturated heterocycles. The van der Waals surface area contributed by atoms with Gasteiger partial charge in [0.1, 0.15) is 5.75 Å². The van der Waals surface area contributed by atoms with E-state index in [1.54, 1.807) is 25.1 Å². The van der Waals surface area contributed by atoms with Crippen LogP contribution in [0.5, 0.6) is 11.6 Å². The maximum atomic E-state index is 10.6. The van der Waals surface area contributed by atoms with E-state index in [9.17, 15) is 5.11 Å². The fourth-order valence-corrected chi connectivity index (χ4v) is 3.58. The first-order valence-electron chi connectivity index (χ1n) is 10.5. The Labute approximate surface area is 189 Å². The Morgan fingerprint density at radius 3 is 2.48 bits per heavy atom. The molecule has 31 heavy (non-hydrogen) atoms. The first-order chi connectivity index (χ1) is 14.8. The third-order valence-electron chi connectivity index (χ3n) is 5.07. The second-order valence-corrected chi connectivity index (χ2v) is 8.38. The summed E-state index contributed by atoms with van der Waals surface area (Å²) in [6.07, 6.45) is 2.55. The lowest BCUT2D eigenvalue weighted by Crippen LogP contribution is -2.39. The summed E-state index contributed by atoms with van der Waals surface area (Å²) in [6, 6.07) is 17.2. The summed E-state index contributed by atoms with van der Waals surface area (Å²) in [4.78, 5) is 2.20. The Kier molecular flexibility index (Phi) is 7.55. The molecule has 5 nitrogen and oxygen atoms in total. The summed E-state index contributed by atoms with van der Waals surface area (Å²) in [5.74, 6) is 1.34. The van der Waals surface area contributed by atoms with Gasteiger partial charge in [-0.2, -0.15) is 5.10 Å². The molecule has 1 atom stereocenters. The Morgan fingerprint density at radius 1 is 1.19 bits per heavy atom. The molecule has 6 heteroatoms. The molecule has 1 heterocycles. The average Bonchev–Trinajstić information content (AvgIpc) is 3.05. The lowest BCUT2D eigenvalue weighted by Gasteiger charge is -2.29. The van der Waals surface area contributed by atoms with Gasteiger partial charge in [0.15, 0.2) is 0 Å². The van der Waals surface area contributed by atoms with Gasteiger partial charge in [-0.15, -0.1) is 6.58 Å². The number of rotatable bonds is 10. The highest BCUT2D eigenvalue weighted by Crippen LogP contribution is 2.32. The number of benzene rings is 2. The molecule has 1 N–H and O–H groups in total. The van der Waals surface area contributed by atoms with Crippen LogP contribution >= 0.6 is 11.6 Å². The van der Waals surface area contributed by atoms with Gasteiger partial charge >= 0.3 is 0 Å². The Hall–Kier alpha value is -2.60. The van der Waals surface area contributed by atoms with Crippen LogP contribution in [0.3, 0.4) is 0 Å². The SMILES string of the molecule is C=C[C@](C)(O)CN(CCC)Cc1c(C)nn(-c2ccccc2)c1Oc1ccc(Cl)cc1. The molecule has 1 aromatic heterocycles. The molecule has 0 radical (unpaired) electrons. The summed E-state index contributed by atoms with van der Waals surface area (Å²) in [7, 11) is 0. The number of hydrogen-bond acceptors (Lipinski definition) is 4. The van der Waals surface area contributed by atoms with Gasteiger partial charge in [0, 0.05) is 18.1 Å². The van der Waals surface area contributed by atoms with E-state index in [2.05, 4.69) is 18.4 Å². The number of aromatic nitrogens is 2. The first kappa shape index (κ1) is 23.1. The van der Waals surface area contributed by atoms with Gasteiger partial charge in [-0.3, -0.25) is 4.90 Å². The molecule has 2 aromatic carbocycles. The molecule has 0 aliphatic rings. The van der Waals surface area contributed by atoms with Gasteiger partial charge in [0.25, 0.3) is 0 Å². The standard InChI is InChI=1S/C25H30ClN3O2/c1-5-16-28(18-25(4,30)6-2)17-23-19(3)27-29(21-10-8-7-9-11-21)24(23)31-22-14-12-20(26)13-15-22/h6-15,30H,2,5,16-18H2,1,3-4H3/t25-/m0/s1. The van der Waals surface area contributed by atoms with E-state index in [0.29, 0.717) is 29.7 Å². The van der Waals surface area contributed by atoms with E-state index >= 15 is 0 Å². The van der Waals surface area contributed by atoms with Crippen LogP contribution in [0.25, 0.3) is 5.69 Å². The maximum absolute atomic E-state index is 10.6. The second-order valence-electron chi connectivity index (χ2n) is 7.94. The van der Waals surface area contributed by atoms with E-state index < -0.39 is 5.60 Å². The smallest absolute Gasteiger partial charge is 0.227 e.